The first kappa shape index (κ1) is 11.0. The van der Waals surface area contributed by atoms with E-state index in [9.17, 15) is 5.26 Å². The van der Waals surface area contributed by atoms with E-state index in [0.29, 0.717) is 5.88 Å². The van der Waals surface area contributed by atoms with E-state index in [4.69, 9.17) is 10.3 Å². The Labute approximate surface area is 108 Å². The van der Waals surface area contributed by atoms with Crippen LogP contribution in [0.1, 0.15) is 22.7 Å². The molecule has 0 bridgehead atoms. The van der Waals surface area contributed by atoms with Crippen molar-refractivity contribution in [1.29, 1.82) is 5.26 Å². The molecule has 0 saturated heterocycles. The lowest BCUT2D eigenvalue weighted by Gasteiger charge is -2.23. The van der Waals surface area contributed by atoms with Crippen molar-refractivity contribution in [2.75, 3.05) is 0 Å². The van der Waals surface area contributed by atoms with E-state index in [0.717, 1.165) is 16.8 Å². The van der Waals surface area contributed by atoms with Gasteiger partial charge in [-0.15, -0.1) is 0 Å². The first-order valence-corrected chi connectivity index (χ1v) is 6.38. The summed E-state index contributed by atoms with van der Waals surface area (Å²) in [4.78, 5) is 4.13. The van der Waals surface area contributed by atoms with E-state index >= 15 is 0 Å². The Morgan fingerprint density at radius 3 is 3.06 bits per heavy atom. The third-order valence-electron chi connectivity index (χ3n) is 3.12. The molecule has 5 nitrogen and oxygen atoms in total. The van der Waals surface area contributed by atoms with Gasteiger partial charge in [0.1, 0.15) is 11.8 Å². The molecule has 2 aromatic rings. The Morgan fingerprint density at radius 1 is 1.56 bits per heavy atom. The first-order valence-electron chi connectivity index (χ1n) is 5.44. The van der Waals surface area contributed by atoms with Crippen LogP contribution in [0.5, 0.6) is 0 Å². The lowest BCUT2D eigenvalue weighted by Crippen LogP contribution is -2.31. The molecule has 0 saturated carbocycles. The van der Waals surface area contributed by atoms with Crippen molar-refractivity contribution in [1.82, 2.24) is 5.16 Å². The summed E-state index contributed by atoms with van der Waals surface area (Å²) in [6.07, 6.45) is 0. The SMILES string of the molecule is Cc1noc2c1C(c1ccsc1)C(C#N)C(N)=N2. The number of aryl methyl sites for hydroxylation is 1. The van der Waals surface area contributed by atoms with Crippen molar-refractivity contribution in [2.45, 2.75) is 12.8 Å². The number of nitrogens with two attached hydrogens (primary N) is 1. The Morgan fingerprint density at radius 2 is 2.39 bits per heavy atom. The second-order valence-electron chi connectivity index (χ2n) is 4.16. The second kappa shape index (κ2) is 3.96. The molecular formula is C12H10N4OS. The number of thiophene rings is 1. The third-order valence-corrected chi connectivity index (χ3v) is 3.83. The molecule has 1 aliphatic heterocycles. The van der Waals surface area contributed by atoms with Gasteiger partial charge in [0.25, 0.3) is 5.88 Å². The van der Waals surface area contributed by atoms with Gasteiger partial charge >= 0.3 is 0 Å². The quantitative estimate of drug-likeness (QED) is 0.850. The zero-order valence-corrected chi connectivity index (χ0v) is 10.4. The van der Waals surface area contributed by atoms with Gasteiger partial charge in [0.2, 0.25) is 0 Å². The molecule has 3 heterocycles. The number of aliphatic imine (C=N–C) groups is 1. The number of aromatic nitrogens is 1. The Hall–Kier alpha value is -2.13. The number of hydrogen-bond donors (Lipinski definition) is 1. The summed E-state index contributed by atoms with van der Waals surface area (Å²) in [7, 11) is 0. The molecule has 3 rings (SSSR count). The van der Waals surface area contributed by atoms with Gasteiger partial charge in [-0.3, -0.25) is 0 Å². The molecule has 6 heteroatoms. The van der Waals surface area contributed by atoms with Gasteiger partial charge in [0, 0.05) is 5.92 Å². The van der Waals surface area contributed by atoms with Crippen molar-refractivity contribution < 1.29 is 4.52 Å². The minimum Gasteiger partial charge on any atom is -0.386 e. The molecule has 0 aromatic carbocycles. The van der Waals surface area contributed by atoms with Crippen LogP contribution in [0.2, 0.25) is 0 Å². The molecule has 0 spiro atoms. The fourth-order valence-electron chi connectivity index (χ4n) is 2.28. The van der Waals surface area contributed by atoms with E-state index in [2.05, 4.69) is 16.2 Å². The zero-order chi connectivity index (χ0) is 12.7. The third kappa shape index (κ3) is 1.45. The summed E-state index contributed by atoms with van der Waals surface area (Å²) in [5.41, 5.74) is 8.54. The van der Waals surface area contributed by atoms with Gasteiger partial charge in [-0.05, 0) is 29.3 Å². The largest absolute Gasteiger partial charge is 0.386 e. The lowest BCUT2D eigenvalue weighted by atomic mass is 9.80. The molecule has 90 valence electrons. The van der Waals surface area contributed by atoms with Gasteiger partial charge in [0.05, 0.1) is 17.3 Å². The van der Waals surface area contributed by atoms with E-state index in [1.54, 1.807) is 11.3 Å². The smallest absolute Gasteiger partial charge is 0.256 e. The van der Waals surface area contributed by atoms with Gasteiger partial charge < -0.3 is 10.3 Å². The second-order valence-corrected chi connectivity index (χ2v) is 4.94. The Kier molecular flexibility index (Phi) is 2.42. The number of nitrogens with zero attached hydrogens (tertiary/aromatic N) is 3. The molecule has 0 fully saturated rings. The van der Waals surface area contributed by atoms with Gasteiger partial charge in [-0.1, -0.05) is 5.16 Å². The Bertz CT molecular complexity index is 650. The van der Waals surface area contributed by atoms with Crippen molar-refractivity contribution in [3.8, 4) is 6.07 Å². The normalized spacial score (nSPS) is 22.1. The predicted octanol–water partition coefficient (Wildman–Crippen LogP) is 2.32. The summed E-state index contributed by atoms with van der Waals surface area (Å²) in [5.74, 6) is 0.107. The standard InChI is InChI=1S/C12H10N4OS/c1-6-9-10(7-2-3-18-5-7)8(4-13)11(14)15-12(9)17-16-6/h2-3,5,8,10H,1H3,(H2,14,15). The topological polar surface area (TPSA) is 88.2 Å². The number of hydrogen-bond acceptors (Lipinski definition) is 6. The van der Waals surface area contributed by atoms with Crippen LogP contribution in [-0.4, -0.2) is 11.0 Å². The maximum Gasteiger partial charge on any atom is 0.256 e. The van der Waals surface area contributed by atoms with Crippen LogP contribution in [-0.2, 0) is 0 Å². The van der Waals surface area contributed by atoms with Crippen molar-refractivity contribution in [2.24, 2.45) is 16.6 Å². The predicted molar refractivity (Wildman–Crippen MR) is 67.8 cm³/mol. The summed E-state index contributed by atoms with van der Waals surface area (Å²) >= 11 is 1.59. The molecule has 2 atom stereocenters. The highest BCUT2D eigenvalue weighted by atomic mass is 32.1. The van der Waals surface area contributed by atoms with Crippen LogP contribution in [0.3, 0.4) is 0 Å². The summed E-state index contributed by atoms with van der Waals surface area (Å²) in [5, 5.41) is 17.2. The summed E-state index contributed by atoms with van der Waals surface area (Å²) in [6.45, 7) is 1.85. The number of fused-ring (bicyclic) bond motifs is 1. The molecule has 18 heavy (non-hydrogen) atoms. The highest BCUT2D eigenvalue weighted by Crippen LogP contribution is 2.43. The summed E-state index contributed by atoms with van der Waals surface area (Å²) < 4.78 is 5.15. The number of rotatable bonds is 1. The van der Waals surface area contributed by atoms with Crippen LogP contribution in [0.25, 0.3) is 0 Å². The summed E-state index contributed by atoms with van der Waals surface area (Å²) in [6, 6.07) is 4.22. The van der Waals surface area contributed by atoms with E-state index in [1.165, 1.54) is 0 Å². The average Bonchev–Trinajstić information content (AvgIpc) is 2.98. The number of amidine groups is 1. The van der Waals surface area contributed by atoms with Crippen molar-refractivity contribution in [3.05, 3.63) is 33.6 Å². The van der Waals surface area contributed by atoms with E-state index in [-0.39, 0.29) is 11.8 Å². The van der Waals surface area contributed by atoms with Gasteiger partial charge in [0.15, 0.2) is 0 Å². The van der Waals surface area contributed by atoms with Crippen molar-refractivity contribution >= 4 is 23.1 Å². The maximum atomic E-state index is 9.33. The maximum absolute atomic E-state index is 9.33. The molecule has 0 aliphatic carbocycles. The van der Waals surface area contributed by atoms with Crippen molar-refractivity contribution in [3.63, 3.8) is 0 Å². The first-order chi connectivity index (χ1) is 8.72. The van der Waals surface area contributed by atoms with Crippen LogP contribution in [0, 0.1) is 24.2 Å². The van der Waals surface area contributed by atoms with Gasteiger partial charge in [-0.25, -0.2) is 0 Å². The highest BCUT2D eigenvalue weighted by Gasteiger charge is 2.37. The molecular weight excluding hydrogens is 248 g/mol. The minimum atomic E-state index is -0.467. The highest BCUT2D eigenvalue weighted by molar-refractivity contribution is 7.08. The molecule has 0 radical (unpaired) electrons. The van der Waals surface area contributed by atoms with Crippen LogP contribution in [0.4, 0.5) is 5.88 Å². The van der Waals surface area contributed by atoms with Crippen LogP contribution < -0.4 is 5.73 Å². The van der Waals surface area contributed by atoms with E-state index < -0.39 is 5.92 Å². The fraction of sp³-hybridized carbons (Fsp3) is 0.250. The Balaban J connectivity index is 2.23. The molecule has 2 N–H and O–H groups in total. The molecule has 2 aromatic heterocycles. The zero-order valence-electron chi connectivity index (χ0n) is 9.62. The van der Waals surface area contributed by atoms with Crippen LogP contribution >= 0.6 is 11.3 Å². The number of nitriles is 1. The molecule has 1 aliphatic rings. The lowest BCUT2D eigenvalue weighted by molar-refractivity contribution is 0.423. The molecule has 0 amide bonds. The monoisotopic (exact) mass is 258 g/mol. The van der Waals surface area contributed by atoms with E-state index in [1.807, 2.05) is 23.8 Å². The fourth-order valence-corrected chi connectivity index (χ4v) is 2.98. The minimum absolute atomic E-state index is 0.139. The molecule has 2 unspecified atom stereocenters. The van der Waals surface area contributed by atoms with Gasteiger partial charge in [-0.2, -0.15) is 21.6 Å². The van der Waals surface area contributed by atoms with Crippen LogP contribution in [0.15, 0.2) is 26.3 Å². The average molecular weight is 258 g/mol.